The van der Waals surface area contributed by atoms with Crippen LogP contribution in [0.2, 0.25) is 0 Å². The summed E-state index contributed by atoms with van der Waals surface area (Å²) in [6, 6.07) is 6.22. The highest BCUT2D eigenvalue weighted by Gasteiger charge is 2.30. The molecule has 0 fully saturated rings. The number of carboxylic acids is 1. The van der Waals surface area contributed by atoms with Gasteiger partial charge in [-0.25, -0.2) is 4.79 Å². The number of pyridine rings is 1. The fourth-order valence-electron chi connectivity index (χ4n) is 1.58. The van der Waals surface area contributed by atoms with Crippen LogP contribution >= 0.6 is 0 Å². The standard InChI is InChI=1S/C12H8F3NO3/c13-12(14,15)6-19-10-7-3-1-2-4-9(7)16-5-8(10)11(17)18/h1-5H,6H2,(H,17,18). The summed E-state index contributed by atoms with van der Waals surface area (Å²) in [7, 11) is 0. The van der Waals surface area contributed by atoms with Crippen LogP contribution in [0.4, 0.5) is 13.2 Å². The van der Waals surface area contributed by atoms with Crippen LogP contribution in [0.5, 0.6) is 5.75 Å². The first kappa shape index (κ1) is 13.1. The first-order valence-corrected chi connectivity index (χ1v) is 5.19. The first-order chi connectivity index (χ1) is 8.88. The third-order valence-electron chi connectivity index (χ3n) is 2.34. The van der Waals surface area contributed by atoms with Crippen molar-refractivity contribution in [1.82, 2.24) is 4.98 Å². The number of aromatic nitrogens is 1. The zero-order valence-electron chi connectivity index (χ0n) is 9.44. The number of nitrogens with zero attached hydrogens (tertiary/aromatic N) is 1. The van der Waals surface area contributed by atoms with Gasteiger partial charge in [0.15, 0.2) is 6.61 Å². The summed E-state index contributed by atoms with van der Waals surface area (Å²) in [6.45, 7) is -1.55. The van der Waals surface area contributed by atoms with Gasteiger partial charge in [-0.1, -0.05) is 12.1 Å². The molecule has 0 aliphatic carbocycles. The molecule has 1 aromatic carbocycles. The fraction of sp³-hybridized carbons (Fsp3) is 0.167. The van der Waals surface area contributed by atoms with Crippen LogP contribution < -0.4 is 4.74 Å². The number of alkyl halides is 3. The van der Waals surface area contributed by atoms with Gasteiger partial charge in [0.1, 0.15) is 11.3 Å². The Labute approximate surface area is 105 Å². The molecule has 2 aromatic rings. The van der Waals surface area contributed by atoms with E-state index in [-0.39, 0.29) is 11.1 Å². The molecule has 0 saturated heterocycles. The number of fused-ring (bicyclic) bond motifs is 1. The highest BCUT2D eigenvalue weighted by molar-refractivity contribution is 5.98. The van der Waals surface area contributed by atoms with Crippen molar-refractivity contribution in [2.24, 2.45) is 0 Å². The van der Waals surface area contributed by atoms with Gasteiger partial charge < -0.3 is 9.84 Å². The number of para-hydroxylation sites is 1. The Morgan fingerprint density at radius 2 is 2.00 bits per heavy atom. The number of hydrogen-bond donors (Lipinski definition) is 1. The van der Waals surface area contributed by atoms with E-state index < -0.39 is 24.3 Å². The first-order valence-electron chi connectivity index (χ1n) is 5.19. The van der Waals surface area contributed by atoms with Crippen molar-refractivity contribution < 1.29 is 27.8 Å². The van der Waals surface area contributed by atoms with Crippen LogP contribution in [0, 0.1) is 0 Å². The number of carboxylic acid groups (broad SMARTS) is 1. The van der Waals surface area contributed by atoms with Crippen molar-refractivity contribution in [2.75, 3.05) is 6.61 Å². The lowest BCUT2D eigenvalue weighted by molar-refractivity contribution is -0.153. The summed E-state index contributed by atoms with van der Waals surface area (Å²) in [6.07, 6.45) is -3.56. The SMILES string of the molecule is O=C(O)c1cnc2ccccc2c1OCC(F)(F)F. The molecule has 0 spiro atoms. The molecule has 2 rings (SSSR count). The molecule has 1 aromatic heterocycles. The van der Waals surface area contributed by atoms with Gasteiger partial charge in [0.05, 0.1) is 5.52 Å². The van der Waals surface area contributed by atoms with Gasteiger partial charge >= 0.3 is 12.1 Å². The Hall–Kier alpha value is -2.31. The van der Waals surface area contributed by atoms with E-state index in [0.29, 0.717) is 5.52 Å². The molecule has 0 saturated carbocycles. The number of ether oxygens (including phenoxy) is 1. The smallest absolute Gasteiger partial charge is 0.422 e. The lowest BCUT2D eigenvalue weighted by Gasteiger charge is -2.13. The van der Waals surface area contributed by atoms with Crippen LogP contribution in [0.15, 0.2) is 30.5 Å². The Kier molecular flexibility index (Phi) is 3.28. The minimum Gasteiger partial charge on any atom is -0.482 e. The van der Waals surface area contributed by atoms with E-state index >= 15 is 0 Å². The second-order valence-electron chi connectivity index (χ2n) is 3.73. The van der Waals surface area contributed by atoms with Crippen LogP contribution in [0.1, 0.15) is 10.4 Å². The Balaban J connectivity index is 2.53. The number of halogens is 3. The fourth-order valence-corrected chi connectivity index (χ4v) is 1.58. The van der Waals surface area contributed by atoms with Crippen molar-refractivity contribution in [3.05, 3.63) is 36.0 Å². The number of carbonyl (C=O) groups is 1. The van der Waals surface area contributed by atoms with Gasteiger partial charge in [0, 0.05) is 11.6 Å². The predicted octanol–water partition coefficient (Wildman–Crippen LogP) is 2.87. The van der Waals surface area contributed by atoms with Crippen LogP contribution in [0.25, 0.3) is 10.9 Å². The lowest BCUT2D eigenvalue weighted by Crippen LogP contribution is -2.20. The van der Waals surface area contributed by atoms with E-state index in [9.17, 15) is 18.0 Å². The van der Waals surface area contributed by atoms with E-state index in [1.165, 1.54) is 6.07 Å². The van der Waals surface area contributed by atoms with Gasteiger partial charge in [-0.2, -0.15) is 13.2 Å². The third kappa shape index (κ3) is 2.93. The van der Waals surface area contributed by atoms with Gasteiger partial charge in [0.25, 0.3) is 0 Å². The quantitative estimate of drug-likeness (QED) is 0.932. The molecule has 1 heterocycles. The number of aromatic carboxylic acids is 1. The Morgan fingerprint density at radius 3 is 2.63 bits per heavy atom. The molecule has 4 nitrogen and oxygen atoms in total. The predicted molar refractivity (Wildman–Crippen MR) is 60.3 cm³/mol. The zero-order chi connectivity index (χ0) is 14.0. The zero-order valence-corrected chi connectivity index (χ0v) is 9.44. The highest BCUT2D eigenvalue weighted by Crippen LogP contribution is 2.29. The van der Waals surface area contributed by atoms with E-state index in [2.05, 4.69) is 9.72 Å². The summed E-state index contributed by atoms with van der Waals surface area (Å²) in [5, 5.41) is 9.18. The molecular formula is C12H8F3NO3. The molecule has 19 heavy (non-hydrogen) atoms. The number of benzene rings is 1. The molecule has 1 N–H and O–H groups in total. The summed E-state index contributed by atoms with van der Waals surface area (Å²) in [5.41, 5.74) is -0.0346. The molecule has 0 atom stereocenters. The van der Waals surface area contributed by atoms with E-state index in [1.807, 2.05) is 0 Å². The van der Waals surface area contributed by atoms with E-state index in [4.69, 9.17) is 5.11 Å². The third-order valence-corrected chi connectivity index (χ3v) is 2.34. The van der Waals surface area contributed by atoms with Crippen LogP contribution in [0.3, 0.4) is 0 Å². The molecule has 7 heteroatoms. The average Bonchev–Trinajstić information content (AvgIpc) is 2.34. The van der Waals surface area contributed by atoms with Crippen molar-refractivity contribution in [3.8, 4) is 5.75 Å². The minimum absolute atomic E-state index is 0.228. The molecule has 0 unspecified atom stereocenters. The summed E-state index contributed by atoms with van der Waals surface area (Å²) in [5.74, 6) is -1.72. The van der Waals surface area contributed by atoms with Crippen LogP contribution in [-0.4, -0.2) is 28.8 Å². The second-order valence-corrected chi connectivity index (χ2v) is 3.73. The van der Waals surface area contributed by atoms with Gasteiger partial charge in [-0.05, 0) is 12.1 Å². The maximum Gasteiger partial charge on any atom is 0.422 e. The van der Waals surface area contributed by atoms with Crippen molar-refractivity contribution in [3.63, 3.8) is 0 Å². The van der Waals surface area contributed by atoms with Crippen molar-refractivity contribution in [2.45, 2.75) is 6.18 Å². The maximum atomic E-state index is 12.2. The highest BCUT2D eigenvalue weighted by atomic mass is 19.4. The molecule has 0 amide bonds. The Bertz CT molecular complexity index is 625. The molecule has 0 radical (unpaired) electrons. The molecule has 100 valence electrons. The molecular weight excluding hydrogens is 263 g/mol. The minimum atomic E-state index is -4.54. The largest absolute Gasteiger partial charge is 0.482 e. The normalized spacial score (nSPS) is 11.5. The van der Waals surface area contributed by atoms with Gasteiger partial charge in [-0.3, -0.25) is 4.98 Å². The average molecular weight is 271 g/mol. The molecule has 0 bridgehead atoms. The monoisotopic (exact) mass is 271 g/mol. The summed E-state index contributed by atoms with van der Waals surface area (Å²) < 4.78 is 41.2. The number of hydrogen-bond acceptors (Lipinski definition) is 3. The summed E-state index contributed by atoms with van der Waals surface area (Å²) >= 11 is 0. The van der Waals surface area contributed by atoms with Crippen molar-refractivity contribution in [1.29, 1.82) is 0 Å². The summed E-state index contributed by atoms with van der Waals surface area (Å²) in [4.78, 5) is 14.9. The topological polar surface area (TPSA) is 59.4 Å². The van der Waals surface area contributed by atoms with E-state index in [1.54, 1.807) is 18.2 Å². The Morgan fingerprint density at radius 1 is 1.32 bits per heavy atom. The van der Waals surface area contributed by atoms with Gasteiger partial charge in [0.2, 0.25) is 0 Å². The number of rotatable bonds is 3. The molecule has 0 aliphatic rings. The van der Waals surface area contributed by atoms with Crippen molar-refractivity contribution >= 4 is 16.9 Å². The van der Waals surface area contributed by atoms with Crippen LogP contribution in [-0.2, 0) is 0 Å². The van der Waals surface area contributed by atoms with E-state index in [0.717, 1.165) is 6.20 Å². The lowest BCUT2D eigenvalue weighted by atomic mass is 10.1. The van der Waals surface area contributed by atoms with Gasteiger partial charge in [-0.15, -0.1) is 0 Å². The second kappa shape index (κ2) is 4.75. The maximum absolute atomic E-state index is 12.2. The molecule has 0 aliphatic heterocycles.